The van der Waals surface area contributed by atoms with Gasteiger partial charge in [-0.1, -0.05) is 13.8 Å². The highest BCUT2D eigenvalue weighted by molar-refractivity contribution is 7.16. The van der Waals surface area contributed by atoms with Crippen LogP contribution in [0, 0.1) is 0 Å². The summed E-state index contributed by atoms with van der Waals surface area (Å²) in [6.07, 6.45) is 2.35. The fourth-order valence-corrected chi connectivity index (χ4v) is 3.81. The van der Waals surface area contributed by atoms with E-state index in [2.05, 4.69) is 54.2 Å². The van der Waals surface area contributed by atoms with E-state index in [4.69, 9.17) is 0 Å². The number of nitrogens with one attached hydrogen (secondary N) is 1. The van der Waals surface area contributed by atoms with Crippen molar-refractivity contribution in [1.82, 2.24) is 10.3 Å². The lowest BCUT2D eigenvalue weighted by atomic mass is 9.88. The van der Waals surface area contributed by atoms with Gasteiger partial charge in [-0.15, -0.1) is 11.3 Å². The third-order valence-electron chi connectivity index (χ3n) is 4.78. The average molecular weight is 289 g/mol. The van der Waals surface area contributed by atoms with Crippen LogP contribution in [0.4, 0.5) is 5.69 Å². The van der Waals surface area contributed by atoms with Gasteiger partial charge >= 0.3 is 0 Å². The van der Waals surface area contributed by atoms with Gasteiger partial charge in [-0.2, -0.15) is 0 Å². The van der Waals surface area contributed by atoms with Crippen molar-refractivity contribution < 1.29 is 0 Å². The maximum atomic E-state index is 4.37. The van der Waals surface area contributed by atoms with Crippen molar-refractivity contribution in [3.8, 4) is 0 Å². The summed E-state index contributed by atoms with van der Waals surface area (Å²) in [6.45, 7) is 9.03. The molecule has 1 aliphatic heterocycles. The summed E-state index contributed by atoms with van der Waals surface area (Å²) >= 11 is 1.72. The van der Waals surface area contributed by atoms with E-state index in [-0.39, 0.29) is 5.54 Å². The minimum absolute atomic E-state index is 0.259. The largest absolute Gasteiger partial charge is 0.366 e. The predicted octanol–water partition coefficient (Wildman–Crippen LogP) is 3.65. The van der Waals surface area contributed by atoms with Crippen LogP contribution < -0.4 is 10.2 Å². The molecule has 1 aliphatic rings. The lowest BCUT2D eigenvalue weighted by Crippen LogP contribution is -2.63. The normalized spacial score (nSPS) is 22.4. The van der Waals surface area contributed by atoms with Gasteiger partial charge in [0.2, 0.25) is 0 Å². The molecule has 3 rings (SSSR count). The van der Waals surface area contributed by atoms with E-state index in [1.165, 1.54) is 23.2 Å². The molecule has 1 fully saturated rings. The molecule has 0 saturated carbocycles. The first-order chi connectivity index (χ1) is 9.67. The summed E-state index contributed by atoms with van der Waals surface area (Å²) in [5.41, 5.74) is 4.63. The van der Waals surface area contributed by atoms with Gasteiger partial charge in [-0.05, 0) is 38.0 Å². The second kappa shape index (κ2) is 5.34. The molecule has 1 unspecified atom stereocenters. The van der Waals surface area contributed by atoms with E-state index in [1.807, 2.05) is 5.51 Å². The average Bonchev–Trinajstić information content (AvgIpc) is 2.95. The van der Waals surface area contributed by atoms with Gasteiger partial charge in [-0.3, -0.25) is 0 Å². The Balaban J connectivity index is 1.93. The van der Waals surface area contributed by atoms with E-state index in [1.54, 1.807) is 11.3 Å². The molecule has 1 atom stereocenters. The summed E-state index contributed by atoms with van der Waals surface area (Å²) < 4.78 is 1.28. The molecule has 2 heterocycles. The molecule has 4 heteroatoms. The van der Waals surface area contributed by atoms with Crippen molar-refractivity contribution in [2.45, 2.75) is 45.2 Å². The third kappa shape index (κ3) is 2.31. The smallest absolute Gasteiger partial charge is 0.0813 e. The van der Waals surface area contributed by atoms with Gasteiger partial charge in [0.05, 0.1) is 15.7 Å². The number of aromatic nitrogens is 1. The van der Waals surface area contributed by atoms with Gasteiger partial charge in [-0.25, -0.2) is 4.98 Å². The van der Waals surface area contributed by atoms with Gasteiger partial charge < -0.3 is 10.2 Å². The molecule has 0 bridgehead atoms. The van der Waals surface area contributed by atoms with E-state index in [9.17, 15) is 0 Å². The number of rotatable bonds is 3. The van der Waals surface area contributed by atoms with Crippen LogP contribution in [-0.2, 0) is 0 Å². The summed E-state index contributed by atoms with van der Waals surface area (Å²) in [4.78, 5) is 6.93. The highest BCUT2D eigenvalue weighted by atomic mass is 32.1. The fraction of sp³-hybridized carbons (Fsp3) is 0.562. The molecule has 0 aliphatic carbocycles. The molecule has 1 aromatic heterocycles. The molecular formula is C16H23N3S. The molecule has 0 amide bonds. The summed E-state index contributed by atoms with van der Waals surface area (Å²) in [5, 5.41) is 3.76. The van der Waals surface area contributed by atoms with Crippen LogP contribution in [0.3, 0.4) is 0 Å². The minimum atomic E-state index is 0.259. The van der Waals surface area contributed by atoms with E-state index < -0.39 is 0 Å². The summed E-state index contributed by atoms with van der Waals surface area (Å²) in [7, 11) is 0. The standard InChI is InChI=1S/C16H23N3S/c1-4-16(5-2)10-19(12(3)9-18-16)13-6-7-14-15(8-13)20-11-17-14/h6-8,11-12,18H,4-5,9-10H2,1-3H3. The Morgan fingerprint density at radius 2 is 2.20 bits per heavy atom. The number of anilines is 1. The zero-order chi connectivity index (χ0) is 14.2. The lowest BCUT2D eigenvalue weighted by Gasteiger charge is -2.47. The van der Waals surface area contributed by atoms with Gasteiger partial charge in [0, 0.05) is 30.4 Å². The molecule has 20 heavy (non-hydrogen) atoms. The van der Waals surface area contributed by atoms with Crippen molar-refractivity contribution >= 4 is 27.2 Å². The van der Waals surface area contributed by atoms with Gasteiger partial charge in [0.15, 0.2) is 0 Å². The quantitative estimate of drug-likeness (QED) is 0.935. The minimum Gasteiger partial charge on any atom is -0.366 e. The van der Waals surface area contributed by atoms with Crippen molar-refractivity contribution in [3.05, 3.63) is 23.7 Å². The van der Waals surface area contributed by atoms with Gasteiger partial charge in [0.1, 0.15) is 0 Å². The molecule has 0 radical (unpaired) electrons. The van der Waals surface area contributed by atoms with Crippen LogP contribution in [0.25, 0.3) is 10.2 Å². The second-order valence-corrected chi connectivity index (χ2v) is 6.74. The number of fused-ring (bicyclic) bond motifs is 1. The Morgan fingerprint density at radius 3 is 2.95 bits per heavy atom. The Bertz CT molecular complexity index is 588. The first-order valence-electron chi connectivity index (χ1n) is 7.52. The lowest BCUT2D eigenvalue weighted by molar-refractivity contribution is 0.254. The number of hydrogen-bond acceptors (Lipinski definition) is 4. The van der Waals surface area contributed by atoms with Crippen LogP contribution in [0.15, 0.2) is 23.7 Å². The summed E-state index contributed by atoms with van der Waals surface area (Å²) in [5.74, 6) is 0. The highest BCUT2D eigenvalue weighted by Gasteiger charge is 2.35. The van der Waals surface area contributed by atoms with E-state index >= 15 is 0 Å². The molecule has 0 spiro atoms. The Morgan fingerprint density at radius 1 is 1.40 bits per heavy atom. The predicted molar refractivity (Wildman–Crippen MR) is 87.7 cm³/mol. The topological polar surface area (TPSA) is 28.2 Å². The maximum absolute atomic E-state index is 4.37. The molecule has 1 N–H and O–H groups in total. The maximum Gasteiger partial charge on any atom is 0.0813 e. The highest BCUT2D eigenvalue weighted by Crippen LogP contribution is 2.30. The zero-order valence-electron chi connectivity index (χ0n) is 12.5. The number of hydrogen-bond donors (Lipinski definition) is 1. The second-order valence-electron chi connectivity index (χ2n) is 5.85. The fourth-order valence-electron chi connectivity index (χ4n) is 3.10. The molecule has 1 saturated heterocycles. The monoisotopic (exact) mass is 289 g/mol. The Labute approximate surface area is 125 Å². The van der Waals surface area contributed by atoms with Crippen LogP contribution in [0.5, 0.6) is 0 Å². The van der Waals surface area contributed by atoms with Crippen molar-refractivity contribution in [2.24, 2.45) is 0 Å². The SMILES string of the molecule is CCC1(CC)CN(c2ccc3ncsc3c2)C(C)CN1. The Hall–Kier alpha value is -1.13. The number of thiazole rings is 1. The van der Waals surface area contributed by atoms with Crippen molar-refractivity contribution in [2.75, 3.05) is 18.0 Å². The number of benzene rings is 1. The van der Waals surface area contributed by atoms with Crippen molar-refractivity contribution in [1.29, 1.82) is 0 Å². The van der Waals surface area contributed by atoms with E-state index in [0.717, 1.165) is 18.6 Å². The molecule has 3 nitrogen and oxygen atoms in total. The van der Waals surface area contributed by atoms with Crippen LogP contribution >= 0.6 is 11.3 Å². The molecular weight excluding hydrogens is 266 g/mol. The first kappa shape index (κ1) is 13.8. The Kier molecular flexibility index (Phi) is 3.69. The summed E-state index contributed by atoms with van der Waals surface area (Å²) in [6, 6.07) is 7.20. The number of nitrogens with zero attached hydrogens (tertiary/aromatic N) is 2. The van der Waals surface area contributed by atoms with Crippen LogP contribution in [0.2, 0.25) is 0 Å². The van der Waals surface area contributed by atoms with Crippen molar-refractivity contribution in [3.63, 3.8) is 0 Å². The van der Waals surface area contributed by atoms with E-state index in [0.29, 0.717) is 6.04 Å². The zero-order valence-corrected chi connectivity index (χ0v) is 13.3. The molecule has 2 aromatic rings. The van der Waals surface area contributed by atoms with Crippen LogP contribution in [-0.4, -0.2) is 29.7 Å². The van der Waals surface area contributed by atoms with Crippen LogP contribution in [0.1, 0.15) is 33.6 Å². The van der Waals surface area contributed by atoms with Gasteiger partial charge in [0.25, 0.3) is 0 Å². The first-order valence-corrected chi connectivity index (χ1v) is 8.40. The number of piperazine rings is 1. The molecule has 1 aromatic carbocycles. The third-order valence-corrected chi connectivity index (χ3v) is 5.57. The molecule has 108 valence electrons.